The number of aromatic nitrogens is 2. The van der Waals surface area contributed by atoms with Gasteiger partial charge in [-0.3, -0.25) is 23.9 Å². The average Bonchev–Trinajstić information content (AvgIpc) is 3.72. The van der Waals surface area contributed by atoms with E-state index in [2.05, 4.69) is 4.98 Å². The Hall–Kier alpha value is -3.75. The van der Waals surface area contributed by atoms with E-state index in [1.54, 1.807) is 29.2 Å². The number of halogens is 1. The summed E-state index contributed by atoms with van der Waals surface area (Å²) in [5.41, 5.74) is -0.0971. The lowest BCUT2D eigenvalue weighted by atomic mass is 10.0. The number of hydrogen-bond acceptors (Lipinski definition) is 4. The Kier molecular flexibility index (Phi) is 6.00. The SMILES string of the molecule is CC[C@H]1CN(C(=O)c2cc(Cn3c(=O)[nH]c(=O)c4ccccc43)ccc2F)CCN1C(=O)C1CC1. The third-order valence-electron chi connectivity index (χ3n) is 6.96. The van der Waals surface area contributed by atoms with Crippen molar-refractivity contribution in [2.24, 2.45) is 5.92 Å². The highest BCUT2D eigenvalue weighted by Crippen LogP contribution is 2.33. The predicted octanol–water partition coefficient (Wildman–Crippen LogP) is 2.35. The normalized spacial score (nSPS) is 18.2. The molecule has 0 radical (unpaired) electrons. The molecule has 0 bridgehead atoms. The second-order valence-corrected chi connectivity index (χ2v) is 9.30. The number of para-hydroxylation sites is 1. The number of aromatic amines is 1. The molecule has 1 aromatic heterocycles. The number of benzene rings is 2. The number of amides is 2. The minimum Gasteiger partial charge on any atom is -0.336 e. The molecule has 1 N–H and O–H groups in total. The highest BCUT2D eigenvalue weighted by atomic mass is 19.1. The first-order valence-corrected chi connectivity index (χ1v) is 12.0. The van der Waals surface area contributed by atoms with E-state index in [9.17, 15) is 23.6 Å². The molecule has 2 amide bonds. The Morgan fingerprint density at radius 3 is 2.60 bits per heavy atom. The molecule has 2 heterocycles. The van der Waals surface area contributed by atoms with Gasteiger partial charge >= 0.3 is 5.69 Å². The van der Waals surface area contributed by atoms with Crippen molar-refractivity contribution < 1.29 is 14.0 Å². The molecular weight excluding hydrogens is 451 g/mol. The van der Waals surface area contributed by atoms with E-state index in [1.165, 1.54) is 22.8 Å². The van der Waals surface area contributed by atoms with Crippen LogP contribution in [0.25, 0.3) is 10.9 Å². The summed E-state index contributed by atoms with van der Waals surface area (Å²) in [7, 11) is 0. The van der Waals surface area contributed by atoms with Crippen molar-refractivity contribution in [1.29, 1.82) is 0 Å². The van der Waals surface area contributed by atoms with Crippen LogP contribution >= 0.6 is 0 Å². The van der Waals surface area contributed by atoms with Gasteiger partial charge in [-0.15, -0.1) is 0 Å². The summed E-state index contributed by atoms with van der Waals surface area (Å²) in [5, 5.41) is 0.370. The van der Waals surface area contributed by atoms with Crippen LogP contribution < -0.4 is 11.2 Å². The van der Waals surface area contributed by atoms with Crippen LogP contribution in [0, 0.1) is 11.7 Å². The van der Waals surface area contributed by atoms with Crippen LogP contribution in [-0.4, -0.2) is 56.8 Å². The van der Waals surface area contributed by atoms with Crippen LogP contribution in [0.3, 0.4) is 0 Å². The monoisotopic (exact) mass is 478 g/mol. The summed E-state index contributed by atoms with van der Waals surface area (Å²) in [6.45, 7) is 3.21. The quantitative estimate of drug-likeness (QED) is 0.609. The summed E-state index contributed by atoms with van der Waals surface area (Å²) in [4.78, 5) is 56.4. The van der Waals surface area contributed by atoms with E-state index in [4.69, 9.17) is 0 Å². The smallest absolute Gasteiger partial charge is 0.329 e. The number of hydrogen-bond donors (Lipinski definition) is 1. The molecule has 0 unspecified atom stereocenters. The van der Waals surface area contributed by atoms with Gasteiger partial charge in [-0.2, -0.15) is 0 Å². The lowest BCUT2D eigenvalue weighted by Gasteiger charge is -2.41. The third kappa shape index (κ3) is 4.38. The fraction of sp³-hybridized carbons (Fsp3) is 0.385. The van der Waals surface area contributed by atoms with Gasteiger partial charge in [-0.1, -0.05) is 25.1 Å². The van der Waals surface area contributed by atoms with Gasteiger partial charge in [-0.25, -0.2) is 9.18 Å². The number of nitrogens with zero attached hydrogens (tertiary/aromatic N) is 3. The molecule has 2 fully saturated rings. The second kappa shape index (κ2) is 9.13. The molecule has 182 valence electrons. The zero-order valence-electron chi connectivity index (χ0n) is 19.5. The molecule has 3 aromatic rings. The van der Waals surface area contributed by atoms with Crippen LogP contribution in [0.5, 0.6) is 0 Å². The highest BCUT2D eigenvalue weighted by molar-refractivity contribution is 5.95. The number of piperazine rings is 1. The molecule has 1 atom stereocenters. The van der Waals surface area contributed by atoms with Crippen LogP contribution in [0.2, 0.25) is 0 Å². The summed E-state index contributed by atoms with van der Waals surface area (Å²) in [5.74, 6) is -0.787. The van der Waals surface area contributed by atoms with Crippen LogP contribution in [0.1, 0.15) is 42.1 Å². The van der Waals surface area contributed by atoms with Crippen LogP contribution in [0.15, 0.2) is 52.1 Å². The van der Waals surface area contributed by atoms with Crippen molar-refractivity contribution in [2.45, 2.75) is 38.8 Å². The van der Waals surface area contributed by atoms with E-state index in [-0.39, 0.29) is 30.0 Å². The fourth-order valence-electron chi connectivity index (χ4n) is 4.83. The van der Waals surface area contributed by atoms with Crippen LogP contribution in [-0.2, 0) is 11.3 Å². The van der Waals surface area contributed by atoms with Crippen molar-refractivity contribution in [3.8, 4) is 0 Å². The van der Waals surface area contributed by atoms with Gasteiger partial charge in [0.2, 0.25) is 5.91 Å². The van der Waals surface area contributed by atoms with Crippen molar-refractivity contribution in [2.75, 3.05) is 19.6 Å². The molecular formula is C26H27FN4O4. The number of rotatable bonds is 5. The van der Waals surface area contributed by atoms with E-state index in [0.29, 0.717) is 42.5 Å². The topological polar surface area (TPSA) is 95.5 Å². The molecule has 1 saturated heterocycles. The number of nitrogens with one attached hydrogen (secondary N) is 1. The largest absolute Gasteiger partial charge is 0.336 e. The molecule has 5 rings (SSSR count). The minimum absolute atomic E-state index is 0.0674. The molecule has 35 heavy (non-hydrogen) atoms. The predicted molar refractivity (Wildman–Crippen MR) is 129 cm³/mol. The minimum atomic E-state index is -0.637. The summed E-state index contributed by atoms with van der Waals surface area (Å²) in [6.07, 6.45) is 2.58. The second-order valence-electron chi connectivity index (χ2n) is 9.30. The summed E-state index contributed by atoms with van der Waals surface area (Å²) in [6, 6.07) is 10.9. The van der Waals surface area contributed by atoms with Gasteiger partial charge in [0.25, 0.3) is 11.5 Å². The van der Waals surface area contributed by atoms with E-state index in [1.807, 2.05) is 11.8 Å². The van der Waals surface area contributed by atoms with Crippen molar-refractivity contribution in [1.82, 2.24) is 19.4 Å². The first kappa shape index (κ1) is 23.0. The molecule has 8 nitrogen and oxygen atoms in total. The maximum absolute atomic E-state index is 14.8. The van der Waals surface area contributed by atoms with Gasteiger partial charge in [-0.05, 0) is 49.1 Å². The number of H-pyrrole nitrogens is 1. The van der Waals surface area contributed by atoms with Crippen molar-refractivity contribution >= 4 is 22.7 Å². The molecule has 2 aromatic carbocycles. The average molecular weight is 479 g/mol. The van der Waals surface area contributed by atoms with Gasteiger partial charge in [0.05, 0.1) is 23.0 Å². The molecule has 1 saturated carbocycles. The maximum Gasteiger partial charge on any atom is 0.329 e. The molecule has 1 aliphatic carbocycles. The first-order valence-electron chi connectivity index (χ1n) is 12.0. The molecule has 0 spiro atoms. The first-order chi connectivity index (χ1) is 16.9. The summed E-state index contributed by atoms with van der Waals surface area (Å²) >= 11 is 0. The van der Waals surface area contributed by atoms with Crippen LogP contribution in [0.4, 0.5) is 4.39 Å². The van der Waals surface area contributed by atoms with Gasteiger partial charge < -0.3 is 9.80 Å². The zero-order chi connectivity index (χ0) is 24.7. The van der Waals surface area contributed by atoms with E-state index < -0.39 is 23.0 Å². The maximum atomic E-state index is 14.8. The Bertz CT molecular complexity index is 1420. The summed E-state index contributed by atoms with van der Waals surface area (Å²) < 4.78 is 16.2. The Labute approximate surface area is 201 Å². The Morgan fingerprint density at radius 2 is 1.86 bits per heavy atom. The van der Waals surface area contributed by atoms with Gasteiger partial charge in [0.1, 0.15) is 5.82 Å². The van der Waals surface area contributed by atoms with Gasteiger partial charge in [0.15, 0.2) is 0 Å². The lowest BCUT2D eigenvalue weighted by Crippen LogP contribution is -2.56. The van der Waals surface area contributed by atoms with E-state index >= 15 is 0 Å². The third-order valence-corrected chi connectivity index (χ3v) is 6.96. The van der Waals surface area contributed by atoms with Crippen molar-refractivity contribution in [3.63, 3.8) is 0 Å². The highest BCUT2D eigenvalue weighted by Gasteiger charge is 2.39. The Balaban J connectivity index is 1.40. The fourth-order valence-corrected chi connectivity index (χ4v) is 4.83. The van der Waals surface area contributed by atoms with E-state index in [0.717, 1.165) is 12.8 Å². The Morgan fingerprint density at radius 1 is 1.09 bits per heavy atom. The zero-order valence-corrected chi connectivity index (χ0v) is 19.5. The van der Waals surface area contributed by atoms with Gasteiger partial charge in [0, 0.05) is 31.6 Å². The number of carbonyl (C=O) groups is 2. The standard InChI is InChI=1S/C26H27FN4O4/c1-2-18-15-29(11-12-30(18)24(33)17-8-9-17)25(34)20-13-16(7-10-21(20)27)14-31-22-6-4-3-5-19(22)23(32)28-26(31)35/h3-7,10,13,17-18H,2,8-9,11-12,14-15H2,1H3,(H,28,32,35)/t18-/m0/s1. The number of fused-ring (bicyclic) bond motifs is 1. The molecule has 9 heteroatoms. The van der Waals surface area contributed by atoms with Crippen molar-refractivity contribution in [3.05, 3.63) is 80.2 Å². The molecule has 2 aliphatic rings. The molecule has 1 aliphatic heterocycles. The lowest BCUT2D eigenvalue weighted by molar-refractivity contribution is -0.137. The number of carbonyl (C=O) groups excluding carboxylic acids is 2.